The smallest absolute Gasteiger partial charge is 0.343 e. The van der Waals surface area contributed by atoms with Crippen molar-refractivity contribution in [1.29, 1.82) is 0 Å². The van der Waals surface area contributed by atoms with Crippen molar-refractivity contribution in [3.63, 3.8) is 0 Å². The van der Waals surface area contributed by atoms with Crippen LogP contribution in [0.4, 0.5) is 0 Å². The number of rotatable bonds is 3. The van der Waals surface area contributed by atoms with Crippen molar-refractivity contribution in [2.24, 2.45) is 0 Å². The van der Waals surface area contributed by atoms with E-state index in [1.807, 2.05) is 0 Å². The third-order valence-corrected chi connectivity index (χ3v) is 5.78. The molecule has 0 fully saturated rings. The lowest BCUT2D eigenvalue weighted by Crippen LogP contribution is -2.12. The van der Waals surface area contributed by atoms with Gasteiger partial charge in [0.05, 0.1) is 17.7 Å². The number of benzene rings is 3. The number of hydrogen-bond acceptors (Lipinski definition) is 6. The number of ether oxygens (including phenoxy) is 4. The van der Waals surface area contributed by atoms with Crippen LogP contribution < -0.4 is 14.2 Å². The minimum Gasteiger partial charge on any atom is -0.467 e. The molecule has 5 rings (SSSR count). The van der Waals surface area contributed by atoms with E-state index < -0.39 is 5.97 Å². The summed E-state index contributed by atoms with van der Waals surface area (Å²) in [7, 11) is 0. The highest BCUT2D eigenvalue weighted by atomic mass is 35.5. The average Bonchev–Trinajstić information content (AvgIpc) is 3.12. The maximum atomic E-state index is 13.0. The summed E-state index contributed by atoms with van der Waals surface area (Å²) < 4.78 is 22.3. The molecule has 0 spiro atoms. The zero-order valence-electron chi connectivity index (χ0n) is 17.3. The van der Waals surface area contributed by atoms with Crippen LogP contribution in [0.5, 0.6) is 17.2 Å². The standard InChI is InChI=1S/C25H16Cl2O6/c1-13-20(33-25(29)14-2-4-17(26)5-3-14)7-6-19-22(28)21(32-23(13)19)10-15-8-18(27)9-16-11-30-12-31-24(15)16/h2-10H,11-12H2,1H3/b21-10-. The highest BCUT2D eigenvalue weighted by molar-refractivity contribution is 6.31. The van der Waals surface area contributed by atoms with E-state index in [4.69, 9.17) is 42.1 Å². The lowest BCUT2D eigenvalue weighted by Gasteiger charge is -2.20. The molecule has 0 N–H and O–H groups in total. The predicted molar refractivity (Wildman–Crippen MR) is 122 cm³/mol. The maximum Gasteiger partial charge on any atom is 0.343 e. The quantitative estimate of drug-likeness (QED) is 0.259. The second-order valence-corrected chi connectivity index (χ2v) is 8.37. The van der Waals surface area contributed by atoms with Crippen LogP contribution in [0, 0.1) is 6.92 Å². The van der Waals surface area contributed by atoms with Crippen molar-refractivity contribution >= 4 is 41.0 Å². The van der Waals surface area contributed by atoms with E-state index in [0.717, 1.165) is 5.56 Å². The van der Waals surface area contributed by atoms with Gasteiger partial charge >= 0.3 is 5.97 Å². The van der Waals surface area contributed by atoms with Crippen LogP contribution in [0.25, 0.3) is 6.08 Å². The molecule has 8 heteroatoms. The van der Waals surface area contributed by atoms with Crippen LogP contribution in [0.2, 0.25) is 10.0 Å². The number of esters is 1. The first kappa shape index (κ1) is 21.5. The van der Waals surface area contributed by atoms with Gasteiger partial charge in [0.15, 0.2) is 12.6 Å². The van der Waals surface area contributed by atoms with Gasteiger partial charge in [-0.25, -0.2) is 4.79 Å². The maximum absolute atomic E-state index is 13.0. The van der Waals surface area contributed by atoms with E-state index in [1.165, 1.54) is 0 Å². The molecule has 0 bridgehead atoms. The largest absolute Gasteiger partial charge is 0.467 e. The third-order valence-electron chi connectivity index (χ3n) is 5.31. The molecule has 2 aliphatic rings. The summed E-state index contributed by atoms with van der Waals surface area (Å²) in [6.45, 7) is 2.20. The molecule has 166 valence electrons. The molecule has 0 radical (unpaired) electrons. The molecule has 3 aromatic carbocycles. The van der Waals surface area contributed by atoms with Crippen LogP contribution in [-0.4, -0.2) is 18.5 Å². The van der Waals surface area contributed by atoms with E-state index in [-0.39, 0.29) is 18.3 Å². The SMILES string of the molecule is Cc1c(OC(=O)c2ccc(Cl)cc2)ccc2c1O/C(=C\c1cc(Cl)cc3c1OCOC3)C2=O. The van der Waals surface area contributed by atoms with Crippen LogP contribution in [0.1, 0.15) is 37.4 Å². The Kier molecular flexibility index (Phi) is 5.58. The van der Waals surface area contributed by atoms with E-state index >= 15 is 0 Å². The van der Waals surface area contributed by atoms with Crippen molar-refractivity contribution in [2.75, 3.05) is 6.79 Å². The molecule has 2 aliphatic heterocycles. The number of carbonyl (C=O) groups excluding carboxylic acids is 2. The van der Waals surface area contributed by atoms with Gasteiger partial charge in [0, 0.05) is 26.7 Å². The molecular weight excluding hydrogens is 467 g/mol. The molecule has 2 heterocycles. The van der Waals surface area contributed by atoms with E-state index in [9.17, 15) is 9.59 Å². The normalized spacial score (nSPS) is 15.5. The first-order valence-corrected chi connectivity index (χ1v) is 10.7. The number of Topliss-reactive ketones (excluding diaryl/α,β-unsaturated/α-hetero) is 1. The lowest BCUT2D eigenvalue weighted by atomic mass is 10.0. The van der Waals surface area contributed by atoms with E-state index in [2.05, 4.69) is 0 Å². The third kappa shape index (κ3) is 4.09. The van der Waals surface area contributed by atoms with Gasteiger partial charge in [-0.3, -0.25) is 4.79 Å². The zero-order valence-corrected chi connectivity index (χ0v) is 18.8. The van der Waals surface area contributed by atoms with Crippen LogP contribution in [0.3, 0.4) is 0 Å². The molecule has 0 aliphatic carbocycles. The second-order valence-electron chi connectivity index (χ2n) is 7.50. The van der Waals surface area contributed by atoms with Gasteiger partial charge < -0.3 is 18.9 Å². The molecule has 0 unspecified atom stereocenters. The first-order valence-electron chi connectivity index (χ1n) is 9.99. The summed E-state index contributed by atoms with van der Waals surface area (Å²) in [5.74, 6) is 0.522. The van der Waals surface area contributed by atoms with Crippen molar-refractivity contribution in [2.45, 2.75) is 13.5 Å². The molecule has 0 saturated carbocycles. The van der Waals surface area contributed by atoms with Crippen LogP contribution in [0.15, 0.2) is 54.3 Å². The minimum atomic E-state index is -0.542. The molecule has 0 aromatic heterocycles. The van der Waals surface area contributed by atoms with Crippen LogP contribution >= 0.6 is 23.2 Å². The highest BCUT2D eigenvalue weighted by Gasteiger charge is 2.31. The molecule has 3 aromatic rings. The molecular formula is C25H16Cl2O6. The fraction of sp³-hybridized carbons (Fsp3) is 0.120. The van der Waals surface area contributed by atoms with Gasteiger partial charge in [0.1, 0.15) is 17.2 Å². The first-order chi connectivity index (χ1) is 15.9. The highest BCUT2D eigenvalue weighted by Crippen LogP contribution is 2.41. The van der Waals surface area contributed by atoms with Gasteiger partial charge in [-0.1, -0.05) is 23.2 Å². The Bertz CT molecular complexity index is 1330. The summed E-state index contributed by atoms with van der Waals surface area (Å²) >= 11 is 12.1. The molecule has 0 saturated heterocycles. The minimum absolute atomic E-state index is 0.112. The lowest BCUT2D eigenvalue weighted by molar-refractivity contribution is -0.0165. The van der Waals surface area contributed by atoms with Gasteiger partial charge in [-0.05, 0) is 61.5 Å². The second kappa shape index (κ2) is 8.56. The number of carbonyl (C=O) groups is 2. The monoisotopic (exact) mass is 482 g/mol. The summed E-state index contributed by atoms with van der Waals surface area (Å²) in [5.41, 5.74) is 2.67. The number of allylic oxidation sites excluding steroid dienone is 1. The Balaban J connectivity index is 1.45. The summed E-state index contributed by atoms with van der Waals surface area (Å²) in [6.07, 6.45) is 1.59. The number of fused-ring (bicyclic) bond motifs is 2. The molecule has 0 atom stereocenters. The van der Waals surface area contributed by atoms with Gasteiger partial charge in [0.2, 0.25) is 5.78 Å². The van der Waals surface area contributed by atoms with Crippen molar-refractivity contribution in [3.8, 4) is 17.2 Å². The predicted octanol–water partition coefficient (Wildman–Crippen LogP) is 6.00. The van der Waals surface area contributed by atoms with Gasteiger partial charge in [-0.2, -0.15) is 0 Å². The topological polar surface area (TPSA) is 71.1 Å². The van der Waals surface area contributed by atoms with Crippen molar-refractivity contribution in [1.82, 2.24) is 0 Å². The average molecular weight is 483 g/mol. The Hall–Kier alpha value is -3.32. The summed E-state index contributed by atoms with van der Waals surface area (Å²) in [4.78, 5) is 25.5. The Morgan fingerprint density at radius 3 is 2.61 bits per heavy atom. The Morgan fingerprint density at radius 2 is 1.82 bits per heavy atom. The fourth-order valence-corrected chi connectivity index (χ4v) is 4.06. The molecule has 6 nitrogen and oxygen atoms in total. The molecule has 0 amide bonds. The summed E-state index contributed by atoms with van der Waals surface area (Å²) in [5, 5.41) is 1.01. The Labute approximate surface area is 199 Å². The van der Waals surface area contributed by atoms with Crippen LogP contribution in [-0.2, 0) is 11.3 Å². The van der Waals surface area contributed by atoms with E-state index in [0.29, 0.717) is 56.2 Å². The van der Waals surface area contributed by atoms with Crippen molar-refractivity contribution < 1.29 is 28.5 Å². The summed E-state index contributed by atoms with van der Waals surface area (Å²) in [6, 6.07) is 13.0. The zero-order chi connectivity index (χ0) is 23.1. The van der Waals surface area contributed by atoms with Gasteiger partial charge in [0.25, 0.3) is 0 Å². The fourth-order valence-electron chi connectivity index (χ4n) is 3.68. The van der Waals surface area contributed by atoms with Gasteiger partial charge in [-0.15, -0.1) is 0 Å². The Morgan fingerprint density at radius 1 is 1.03 bits per heavy atom. The molecule has 33 heavy (non-hydrogen) atoms. The number of halogens is 2. The number of hydrogen-bond donors (Lipinski definition) is 0. The van der Waals surface area contributed by atoms with E-state index in [1.54, 1.807) is 61.5 Å². The number of ketones is 1. The van der Waals surface area contributed by atoms with Crippen molar-refractivity contribution in [3.05, 3.63) is 92.2 Å².